The number of nitrogens with zero attached hydrogens (tertiary/aromatic N) is 3. The molecule has 3 amide bonds. The van der Waals surface area contributed by atoms with Crippen LogP contribution in [0.4, 0.5) is 5.69 Å². The first-order chi connectivity index (χ1) is 19.6. The van der Waals surface area contributed by atoms with Gasteiger partial charge in [0.1, 0.15) is 18.0 Å². The maximum atomic E-state index is 13.6. The molecule has 1 saturated heterocycles. The minimum Gasteiger partial charge on any atom is -0.457 e. The van der Waals surface area contributed by atoms with E-state index in [-0.39, 0.29) is 22.7 Å². The van der Waals surface area contributed by atoms with Gasteiger partial charge in [-0.3, -0.25) is 29.3 Å². The number of rotatable bonds is 8. The summed E-state index contributed by atoms with van der Waals surface area (Å²) in [4.78, 5) is 64.2. The Balaban J connectivity index is 1.37. The molecule has 0 aromatic heterocycles. The number of carbonyl (C=O) groups excluding carboxylic acids is 4. The largest absolute Gasteiger partial charge is 0.457 e. The number of carbonyl (C=O) groups is 4. The third kappa shape index (κ3) is 5.83. The van der Waals surface area contributed by atoms with Crippen LogP contribution in [0.2, 0.25) is 5.02 Å². The van der Waals surface area contributed by atoms with Crippen molar-refractivity contribution in [2.75, 3.05) is 6.54 Å². The van der Waals surface area contributed by atoms with Crippen LogP contribution in [0, 0.1) is 27.9 Å². The summed E-state index contributed by atoms with van der Waals surface area (Å²) in [5, 5.41) is 13.1. The lowest BCUT2D eigenvalue weighted by atomic mass is 9.76. The van der Waals surface area contributed by atoms with Gasteiger partial charge in [0.05, 0.1) is 16.8 Å². The van der Waals surface area contributed by atoms with Gasteiger partial charge < -0.3 is 4.74 Å². The molecular formula is C30H26ClN3O7. The number of fused-ring (bicyclic) bond motifs is 1. The van der Waals surface area contributed by atoms with Crippen LogP contribution in [0.5, 0.6) is 11.5 Å². The van der Waals surface area contributed by atoms with Crippen molar-refractivity contribution in [1.29, 1.82) is 0 Å². The average Bonchev–Trinajstić information content (AvgIpc) is 3.20. The minimum absolute atomic E-state index is 0.0697. The highest BCUT2D eigenvalue weighted by atomic mass is 35.5. The summed E-state index contributed by atoms with van der Waals surface area (Å²) in [6.45, 7) is 1.50. The van der Waals surface area contributed by atoms with E-state index in [1.807, 2.05) is 6.92 Å². The number of nitro benzene ring substituents is 1. The van der Waals surface area contributed by atoms with Gasteiger partial charge in [0.15, 0.2) is 5.78 Å². The maximum Gasteiger partial charge on any atom is 0.273 e. The maximum absolute atomic E-state index is 13.6. The van der Waals surface area contributed by atoms with Gasteiger partial charge in [0.2, 0.25) is 0 Å². The van der Waals surface area contributed by atoms with Gasteiger partial charge in [0, 0.05) is 28.3 Å². The Hall–Kier alpha value is -4.57. The summed E-state index contributed by atoms with van der Waals surface area (Å²) >= 11 is 5.98. The summed E-state index contributed by atoms with van der Waals surface area (Å²) < 4.78 is 5.70. The van der Waals surface area contributed by atoms with Crippen LogP contribution in [-0.2, 0) is 9.59 Å². The Labute approximate surface area is 240 Å². The zero-order chi connectivity index (χ0) is 29.3. The molecule has 0 bridgehead atoms. The number of Topliss-reactive ketones (excluding diaryl/α,β-unsaturated/α-hetero) is 1. The van der Waals surface area contributed by atoms with Crippen LogP contribution >= 0.6 is 11.6 Å². The molecule has 11 heteroatoms. The number of hydrogen-bond acceptors (Lipinski definition) is 7. The predicted molar refractivity (Wildman–Crippen MR) is 148 cm³/mol. The molecule has 0 unspecified atom stereocenters. The second-order valence-electron chi connectivity index (χ2n) is 10.3. The van der Waals surface area contributed by atoms with E-state index in [0.717, 1.165) is 16.4 Å². The molecule has 2 aliphatic rings. The summed E-state index contributed by atoms with van der Waals surface area (Å²) in [6, 6.07) is 17.6. The summed E-state index contributed by atoms with van der Waals surface area (Å²) in [7, 11) is 0. The van der Waals surface area contributed by atoms with Gasteiger partial charge >= 0.3 is 0 Å². The smallest absolute Gasteiger partial charge is 0.273 e. The molecule has 0 spiro atoms. The van der Waals surface area contributed by atoms with E-state index in [1.54, 1.807) is 12.1 Å². The first kappa shape index (κ1) is 28.0. The predicted octanol–water partition coefficient (Wildman–Crippen LogP) is 5.70. The Morgan fingerprint density at radius 1 is 0.902 bits per heavy atom. The summed E-state index contributed by atoms with van der Waals surface area (Å²) in [6.07, 6.45) is 1.92. The van der Waals surface area contributed by atoms with Crippen molar-refractivity contribution in [2.45, 2.75) is 26.2 Å². The molecular weight excluding hydrogens is 550 g/mol. The van der Waals surface area contributed by atoms with Gasteiger partial charge in [-0.15, -0.1) is 0 Å². The fraction of sp³-hybridized carbons (Fsp3) is 0.267. The third-order valence-corrected chi connectivity index (χ3v) is 7.74. The molecule has 0 N–H and O–H groups in total. The topological polar surface area (TPSA) is 127 Å². The normalized spacial score (nSPS) is 20.0. The molecule has 41 heavy (non-hydrogen) atoms. The van der Waals surface area contributed by atoms with Crippen LogP contribution in [-0.4, -0.2) is 45.0 Å². The fourth-order valence-corrected chi connectivity index (χ4v) is 5.42. The van der Waals surface area contributed by atoms with Crippen molar-refractivity contribution in [3.05, 3.63) is 99.1 Å². The Morgan fingerprint density at radius 3 is 2.07 bits per heavy atom. The second kappa shape index (κ2) is 11.5. The van der Waals surface area contributed by atoms with Crippen LogP contribution in [0.15, 0.2) is 72.8 Å². The number of benzene rings is 3. The lowest BCUT2D eigenvalue weighted by Gasteiger charge is -2.30. The molecule has 210 valence electrons. The van der Waals surface area contributed by atoms with E-state index >= 15 is 0 Å². The number of imide groups is 1. The highest BCUT2D eigenvalue weighted by Crippen LogP contribution is 2.41. The van der Waals surface area contributed by atoms with Crippen molar-refractivity contribution in [3.63, 3.8) is 0 Å². The van der Waals surface area contributed by atoms with Crippen molar-refractivity contribution in [1.82, 2.24) is 10.0 Å². The summed E-state index contributed by atoms with van der Waals surface area (Å²) in [5.74, 6) is -2.07. The van der Waals surface area contributed by atoms with Crippen molar-refractivity contribution < 1.29 is 28.8 Å². The molecule has 3 atom stereocenters. The number of nitro groups is 1. The van der Waals surface area contributed by atoms with Gasteiger partial charge in [-0.2, -0.15) is 5.01 Å². The number of ether oxygens (including phenoxy) is 1. The van der Waals surface area contributed by atoms with Crippen LogP contribution in [0.3, 0.4) is 0 Å². The monoisotopic (exact) mass is 575 g/mol. The summed E-state index contributed by atoms with van der Waals surface area (Å²) in [5.41, 5.74) is 0.345. The molecule has 3 aromatic carbocycles. The number of hydrazine groups is 1. The fourth-order valence-electron chi connectivity index (χ4n) is 5.29. The molecule has 10 nitrogen and oxygen atoms in total. The molecule has 3 aromatic rings. The van der Waals surface area contributed by atoms with Crippen LogP contribution in [0.25, 0.3) is 0 Å². The Morgan fingerprint density at radius 2 is 1.46 bits per heavy atom. The molecule has 5 rings (SSSR count). The highest BCUT2D eigenvalue weighted by Gasteiger charge is 2.52. The van der Waals surface area contributed by atoms with Gasteiger partial charge in [-0.05, 0) is 85.8 Å². The number of ketones is 1. The van der Waals surface area contributed by atoms with Crippen molar-refractivity contribution >= 4 is 40.8 Å². The quantitative estimate of drug-likeness (QED) is 0.146. The number of amides is 3. The third-order valence-electron chi connectivity index (χ3n) is 7.48. The molecule has 1 aliphatic carbocycles. The van der Waals surface area contributed by atoms with Gasteiger partial charge in [0.25, 0.3) is 23.4 Å². The molecule has 1 aliphatic heterocycles. The lowest BCUT2D eigenvalue weighted by Crippen LogP contribution is -2.52. The van der Waals surface area contributed by atoms with Crippen LogP contribution < -0.4 is 4.74 Å². The van der Waals surface area contributed by atoms with Crippen molar-refractivity contribution in [2.24, 2.45) is 17.8 Å². The van der Waals surface area contributed by atoms with Gasteiger partial charge in [-0.1, -0.05) is 18.5 Å². The average molecular weight is 576 g/mol. The van der Waals surface area contributed by atoms with E-state index in [2.05, 4.69) is 0 Å². The van der Waals surface area contributed by atoms with E-state index in [4.69, 9.17) is 16.3 Å². The molecule has 0 radical (unpaired) electrons. The zero-order valence-electron chi connectivity index (χ0n) is 22.1. The SMILES string of the molecule is C[C@@H]1CC[C@@H]2C(=O)N(N(CC(=O)c3ccc(Oc4ccc([N+](=O)[O-])cc4)cc3)C(=O)c3ccc(Cl)cc3)C(=O)[C@@H]2C1. The number of hydrogen-bond donors (Lipinski definition) is 0. The van der Waals surface area contributed by atoms with E-state index < -0.39 is 46.8 Å². The minimum atomic E-state index is -0.665. The first-order valence-electron chi connectivity index (χ1n) is 13.1. The second-order valence-corrected chi connectivity index (χ2v) is 10.7. The lowest BCUT2D eigenvalue weighted by molar-refractivity contribution is -0.384. The highest BCUT2D eigenvalue weighted by molar-refractivity contribution is 6.30. The first-order valence-corrected chi connectivity index (χ1v) is 13.5. The zero-order valence-corrected chi connectivity index (χ0v) is 22.8. The molecule has 2 fully saturated rings. The molecule has 1 saturated carbocycles. The number of non-ortho nitro benzene ring substituents is 1. The van der Waals surface area contributed by atoms with Crippen LogP contribution in [0.1, 0.15) is 46.9 Å². The van der Waals surface area contributed by atoms with E-state index in [1.165, 1.54) is 60.7 Å². The van der Waals surface area contributed by atoms with E-state index in [9.17, 15) is 29.3 Å². The van der Waals surface area contributed by atoms with Gasteiger partial charge in [-0.25, -0.2) is 5.01 Å². The number of halogens is 1. The Bertz CT molecular complexity index is 1510. The van der Waals surface area contributed by atoms with Crippen molar-refractivity contribution in [3.8, 4) is 11.5 Å². The van der Waals surface area contributed by atoms with E-state index in [0.29, 0.717) is 29.4 Å². The Kier molecular flexibility index (Phi) is 7.85. The standard InChI is InChI=1S/C30H26ClN3O7/c1-18-2-15-25-26(16-18)30(38)33(29(25)37)32(28(36)20-3-7-21(31)8-4-20)17-27(35)19-5-11-23(12-6-19)41-24-13-9-22(10-14-24)34(39)40/h3-14,18,25-26H,2,15-17H2,1H3/t18-,25+,26-/m1/s1. The molecule has 1 heterocycles.